The standard InChI is InChI=1S/C30H35N3O5/c1-33(2)13-11-23(12-14-33)38-28(36)26(15-22-19-31-25-10-6-5-9-24(22)25)32-29(37)30(18-27(34)35)16-20-7-3-4-8-21(20)17-30/h3-10,19,23,26,31H,11-18H2,1-2H3,(H-,32,34,35,37)/p+1. The highest BCUT2D eigenvalue weighted by Gasteiger charge is 2.46. The molecule has 0 radical (unpaired) electrons. The van der Waals surface area contributed by atoms with Crippen LogP contribution in [0.2, 0.25) is 0 Å². The number of carboxylic acid groups (broad SMARTS) is 1. The predicted molar refractivity (Wildman–Crippen MR) is 143 cm³/mol. The Bertz CT molecular complexity index is 1330. The number of rotatable bonds is 8. The van der Waals surface area contributed by atoms with E-state index in [1.807, 2.05) is 54.7 Å². The molecule has 8 heteroatoms. The molecule has 0 spiro atoms. The SMILES string of the molecule is C[N+]1(C)CCC(OC(=O)C(Cc2c[nH]c3ccccc23)NC(=O)C2(CC(=O)O)Cc3ccccc3C2)CC1. The molecule has 0 saturated carbocycles. The third-order valence-corrected chi connectivity index (χ3v) is 8.23. The van der Waals surface area contributed by atoms with Gasteiger partial charge in [-0.25, -0.2) is 4.79 Å². The van der Waals surface area contributed by atoms with Crippen LogP contribution in [0.25, 0.3) is 10.9 Å². The molecule has 1 saturated heterocycles. The number of aromatic nitrogens is 1. The number of hydrogen-bond acceptors (Lipinski definition) is 4. The average molecular weight is 519 g/mol. The molecule has 3 aromatic rings. The molecule has 3 N–H and O–H groups in total. The molecular weight excluding hydrogens is 482 g/mol. The number of carbonyl (C=O) groups is 3. The summed E-state index contributed by atoms with van der Waals surface area (Å²) in [5.41, 5.74) is 2.64. The van der Waals surface area contributed by atoms with Crippen molar-refractivity contribution in [3.05, 3.63) is 71.4 Å². The molecule has 2 aliphatic rings. The van der Waals surface area contributed by atoms with Crippen LogP contribution in [0.3, 0.4) is 0 Å². The van der Waals surface area contributed by atoms with Gasteiger partial charge in [0.2, 0.25) is 5.91 Å². The molecule has 1 unspecified atom stereocenters. The topological polar surface area (TPSA) is 108 Å². The number of hydrogen-bond donors (Lipinski definition) is 3. The lowest BCUT2D eigenvalue weighted by Gasteiger charge is -2.37. The first-order chi connectivity index (χ1) is 18.1. The van der Waals surface area contributed by atoms with E-state index in [0.29, 0.717) is 12.8 Å². The summed E-state index contributed by atoms with van der Waals surface area (Å²) in [5, 5.41) is 13.6. The van der Waals surface area contributed by atoms with E-state index in [4.69, 9.17) is 4.74 Å². The van der Waals surface area contributed by atoms with Crippen LogP contribution in [0, 0.1) is 5.41 Å². The van der Waals surface area contributed by atoms with Crippen molar-refractivity contribution in [2.24, 2.45) is 5.41 Å². The molecule has 0 bridgehead atoms. The van der Waals surface area contributed by atoms with Crippen LogP contribution >= 0.6 is 0 Å². The first kappa shape index (κ1) is 26.0. The van der Waals surface area contributed by atoms with Crippen LogP contribution in [0.1, 0.15) is 36.0 Å². The number of fused-ring (bicyclic) bond motifs is 2. The number of ether oxygens (including phenoxy) is 1. The fourth-order valence-electron chi connectivity index (χ4n) is 5.98. The predicted octanol–water partition coefficient (Wildman–Crippen LogP) is 3.24. The van der Waals surface area contributed by atoms with E-state index in [9.17, 15) is 19.5 Å². The number of quaternary nitrogens is 1. The highest BCUT2D eigenvalue weighted by Crippen LogP contribution is 2.40. The molecule has 5 rings (SSSR count). The van der Waals surface area contributed by atoms with E-state index in [0.717, 1.165) is 58.0 Å². The minimum Gasteiger partial charge on any atom is -0.481 e. The van der Waals surface area contributed by atoms with E-state index >= 15 is 0 Å². The van der Waals surface area contributed by atoms with Crippen molar-refractivity contribution in [2.45, 2.75) is 50.7 Å². The number of likely N-dealkylation sites (tertiary alicyclic amines) is 1. The van der Waals surface area contributed by atoms with Crippen LogP contribution < -0.4 is 5.32 Å². The van der Waals surface area contributed by atoms with Crippen molar-refractivity contribution < 1.29 is 28.7 Å². The fourth-order valence-corrected chi connectivity index (χ4v) is 5.98. The summed E-state index contributed by atoms with van der Waals surface area (Å²) in [6.45, 7) is 1.83. The highest BCUT2D eigenvalue weighted by atomic mass is 16.5. The zero-order chi connectivity index (χ0) is 26.9. The smallest absolute Gasteiger partial charge is 0.329 e. The lowest BCUT2D eigenvalue weighted by molar-refractivity contribution is -0.896. The van der Waals surface area contributed by atoms with E-state index < -0.39 is 29.3 Å². The number of esters is 1. The zero-order valence-corrected chi connectivity index (χ0v) is 22.0. The summed E-state index contributed by atoms with van der Waals surface area (Å²) in [6, 6.07) is 14.6. The van der Waals surface area contributed by atoms with Gasteiger partial charge in [0.15, 0.2) is 0 Å². The second kappa shape index (κ2) is 10.3. The largest absolute Gasteiger partial charge is 0.481 e. The summed E-state index contributed by atoms with van der Waals surface area (Å²) in [7, 11) is 4.33. The van der Waals surface area contributed by atoms with Crippen molar-refractivity contribution in [1.82, 2.24) is 10.3 Å². The quantitative estimate of drug-likeness (QED) is 0.313. The second-order valence-electron chi connectivity index (χ2n) is 11.6. The van der Waals surface area contributed by atoms with Gasteiger partial charge < -0.3 is 24.6 Å². The number of H-pyrrole nitrogens is 1. The molecule has 2 aromatic carbocycles. The first-order valence-corrected chi connectivity index (χ1v) is 13.3. The molecule has 1 aromatic heterocycles. The Morgan fingerprint density at radius 2 is 1.68 bits per heavy atom. The fraction of sp³-hybridized carbons (Fsp3) is 0.433. The number of aromatic amines is 1. The Morgan fingerprint density at radius 1 is 1.05 bits per heavy atom. The number of benzene rings is 2. The van der Waals surface area contributed by atoms with E-state index in [1.54, 1.807) is 0 Å². The van der Waals surface area contributed by atoms with Crippen LogP contribution in [-0.2, 0) is 38.4 Å². The summed E-state index contributed by atoms with van der Waals surface area (Å²) in [5.74, 6) is -1.92. The summed E-state index contributed by atoms with van der Waals surface area (Å²) in [6.07, 6.45) is 3.79. The molecule has 1 aliphatic carbocycles. The zero-order valence-electron chi connectivity index (χ0n) is 22.0. The van der Waals surface area contributed by atoms with Gasteiger partial charge in [0, 0.05) is 36.4 Å². The van der Waals surface area contributed by atoms with Gasteiger partial charge in [-0.2, -0.15) is 0 Å². The molecule has 1 aliphatic heterocycles. The maximum Gasteiger partial charge on any atom is 0.329 e. The summed E-state index contributed by atoms with van der Waals surface area (Å²) < 4.78 is 6.85. The second-order valence-corrected chi connectivity index (χ2v) is 11.6. The normalized spacial score (nSPS) is 19.0. The average Bonchev–Trinajstić information content (AvgIpc) is 3.46. The molecule has 8 nitrogen and oxygen atoms in total. The number of nitrogens with one attached hydrogen (secondary N) is 2. The molecule has 200 valence electrons. The van der Waals surface area contributed by atoms with Crippen molar-refractivity contribution in [1.29, 1.82) is 0 Å². The van der Waals surface area contributed by atoms with Crippen molar-refractivity contribution >= 4 is 28.7 Å². The van der Waals surface area contributed by atoms with Gasteiger partial charge in [-0.1, -0.05) is 42.5 Å². The van der Waals surface area contributed by atoms with Gasteiger partial charge >= 0.3 is 11.9 Å². The van der Waals surface area contributed by atoms with Crippen LogP contribution in [-0.4, -0.2) is 71.7 Å². The number of piperidine rings is 1. The summed E-state index contributed by atoms with van der Waals surface area (Å²) in [4.78, 5) is 42.5. The number of carbonyl (C=O) groups excluding carboxylic acids is 2. The van der Waals surface area contributed by atoms with Gasteiger partial charge in [-0.05, 0) is 35.6 Å². The Labute approximate surface area is 222 Å². The Hall–Kier alpha value is -3.65. The van der Waals surface area contributed by atoms with Crippen molar-refractivity contribution in [3.63, 3.8) is 0 Å². The van der Waals surface area contributed by atoms with E-state index in [-0.39, 0.29) is 18.9 Å². The Morgan fingerprint density at radius 3 is 2.34 bits per heavy atom. The minimum absolute atomic E-state index is 0.195. The minimum atomic E-state index is -1.15. The molecule has 1 fully saturated rings. The van der Waals surface area contributed by atoms with Gasteiger partial charge in [0.05, 0.1) is 39.0 Å². The molecular formula is C30H36N3O5+. The van der Waals surface area contributed by atoms with E-state index in [2.05, 4.69) is 24.4 Å². The number of aliphatic carboxylic acids is 1. The maximum absolute atomic E-state index is 13.9. The third-order valence-electron chi connectivity index (χ3n) is 8.23. The van der Waals surface area contributed by atoms with Crippen LogP contribution in [0.5, 0.6) is 0 Å². The highest BCUT2D eigenvalue weighted by molar-refractivity contribution is 5.92. The number of amides is 1. The first-order valence-electron chi connectivity index (χ1n) is 13.3. The Kier molecular flexibility index (Phi) is 7.01. The van der Waals surface area contributed by atoms with Crippen LogP contribution in [0.15, 0.2) is 54.7 Å². The van der Waals surface area contributed by atoms with Crippen molar-refractivity contribution in [3.8, 4) is 0 Å². The number of carboxylic acids is 1. The summed E-state index contributed by atoms with van der Waals surface area (Å²) >= 11 is 0. The number of nitrogens with zero attached hydrogens (tertiary/aromatic N) is 1. The van der Waals surface area contributed by atoms with Gasteiger partial charge in [0.25, 0.3) is 0 Å². The van der Waals surface area contributed by atoms with E-state index in [1.165, 1.54) is 0 Å². The van der Waals surface area contributed by atoms with Gasteiger partial charge in [-0.3, -0.25) is 9.59 Å². The third kappa shape index (κ3) is 5.45. The monoisotopic (exact) mass is 518 g/mol. The Balaban J connectivity index is 1.39. The number of para-hydroxylation sites is 1. The maximum atomic E-state index is 13.9. The van der Waals surface area contributed by atoms with Crippen molar-refractivity contribution in [2.75, 3.05) is 27.2 Å². The molecule has 1 amide bonds. The van der Waals surface area contributed by atoms with Gasteiger partial charge in [0.1, 0.15) is 12.1 Å². The van der Waals surface area contributed by atoms with Crippen LogP contribution in [0.4, 0.5) is 0 Å². The van der Waals surface area contributed by atoms with Gasteiger partial charge in [-0.15, -0.1) is 0 Å². The lowest BCUT2D eigenvalue weighted by atomic mass is 9.80. The lowest BCUT2D eigenvalue weighted by Crippen LogP contribution is -2.53. The molecule has 2 heterocycles. The molecule has 38 heavy (non-hydrogen) atoms. The molecule has 1 atom stereocenters.